The van der Waals surface area contributed by atoms with E-state index in [1.165, 1.54) is 24.3 Å². The summed E-state index contributed by atoms with van der Waals surface area (Å²) in [4.78, 5) is 20.6. The molecule has 0 heterocycles. The molecule has 0 amide bonds. The molecule has 0 saturated carbocycles. The van der Waals surface area contributed by atoms with Crippen molar-refractivity contribution >= 4 is 11.6 Å². The second-order valence-corrected chi connectivity index (χ2v) is 2.39. The summed E-state index contributed by atoms with van der Waals surface area (Å²) in [5.74, 6) is -0.241. The van der Waals surface area contributed by atoms with Crippen LogP contribution in [0.15, 0.2) is 24.3 Å². The molecule has 0 radical (unpaired) electrons. The van der Waals surface area contributed by atoms with Gasteiger partial charge in [0.1, 0.15) is 0 Å². The van der Waals surface area contributed by atoms with E-state index in [1.807, 2.05) is 0 Å². The molecule has 13 heavy (non-hydrogen) atoms. The molecule has 4 N–H and O–H groups in total. The molecule has 7 heteroatoms. The van der Waals surface area contributed by atoms with Crippen molar-refractivity contribution in [2.24, 2.45) is 0 Å². The summed E-state index contributed by atoms with van der Waals surface area (Å²) in [5, 5.41) is 0. The van der Waals surface area contributed by atoms with E-state index < -0.39 is 15.4 Å². The molecule has 0 aromatic rings. The Morgan fingerprint density at radius 2 is 1.08 bits per heavy atom. The van der Waals surface area contributed by atoms with E-state index in [9.17, 15) is 9.59 Å². The van der Waals surface area contributed by atoms with E-state index in [0.29, 0.717) is 0 Å². The molecule has 1 aliphatic carbocycles. The zero-order chi connectivity index (χ0) is 9.56. The van der Waals surface area contributed by atoms with Crippen molar-refractivity contribution in [1.82, 2.24) is 6.15 Å². The molecule has 6 nitrogen and oxygen atoms in total. The quantitative estimate of drug-likeness (QED) is 0.539. The van der Waals surface area contributed by atoms with Gasteiger partial charge in [0, 0.05) is 0 Å². The van der Waals surface area contributed by atoms with Crippen LogP contribution in [-0.4, -0.2) is 11.6 Å². The Kier molecular flexibility index (Phi) is 8.41. The molecule has 0 aromatic heterocycles. The fraction of sp³-hybridized carbons (Fsp3) is 0. The Morgan fingerprint density at radius 3 is 1.23 bits per heavy atom. The van der Waals surface area contributed by atoms with Crippen LogP contribution >= 0.6 is 0 Å². The van der Waals surface area contributed by atoms with Crippen molar-refractivity contribution in [3.05, 3.63) is 24.3 Å². The molecule has 0 aromatic carbocycles. The summed E-state index contributed by atoms with van der Waals surface area (Å²) in [6.45, 7) is 0. The van der Waals surface area contributed by atoms with Crippen LogP contribution < -0.4 is 10.2 Å². The van der Waals surface area contributed by atoms with Crippen molar-refractivity contribution < 1.29 is 36.4 Å². The third-order valence-corrected chi connectivity index (χ3v) is 0.824. The maximum absolute atomic E-state index is 10.3. The third kappa shape index (κ3) is 10.9. The monoisotopic (exact) mass is 225 g/mol. The molecule has 1 aliphatic rings. The van der Waals surface area contributed by atoms with Gasteiger partial charge in [-0.15, -0.1) is 0 Å². The van der Waals surface area contributed by atoms with E-state index in [4.69, 9.17) is 11.4 Å². The van der Waals surface area contributed by atoms with E-state index in [-0.39, 0.29) is 17.7 Å². The molecule has 0 atom stereocenters. The molecule has 0 fully saturated rings. The van der Waals surface area contributed by atoms with Crippen LogP contribution in [0.1, 0.15) is 0 Å². The number of carbonyl (C=O) groups excluding carboxylic acids is 2. The van der Waals surface area contributed by atoms with E-state index in [0.717, 1.165) is 0 Å². The Balaban J connectivity index is 0. The van der Waals surface area contributed by atoms with Gasteiger partial charge in [0.15, 0.2) is 11.6 Å². The average Bonchev–Trinajstić information content (AvgIpc) is 1.94. The summed E-state index contributed by atoms with van der Waals surface area (Å²) in [6, 6.07) is 0. The third-order valence-electron chi connectivity index (χ3n) is 0.824. The second kappa shape index (κ2) is 7.57. The first-order chi connectivity index (χ1) is 5.52. The zero-order valence-electron chi connectivity index (χ0n) is 6.80. The summed E-state index contributed by atoms with van der Waals surface area (Å²) in [7, 11) is 0. The van der Waals surface area contributed by atoms with E-state index >= 15 is 0 Å². The van der Waals surface area contributed by atoms with Crippen molar-refractivity contribution in [3.63, 3.8) is 0 Å². The SMILES string of the molecule is O=C1C=CC(=O)C=C1.[NH4+].[O]=[V](=[O])[O-]. The minimum absolute atomic E-state index is 0. The molecule has 0 saturated heterocycles. The van der Waals surface area contributed by atoms with Gasteiger partial charge in [-0.1, -0.05) is 0 Å². The number of ketones is 2. The maximum atomic E-state index is 10.3. The average molecular weight is 225 g/mol. The summed E-state index contributed by atoms with van der Waals surface area (Å²) in [6.07, 6.45) is 5.01. The van der Waals surface area contributed by atoms with Gasteiger partial charge in [-0.25, -0.2) is 0 Å². The Bertz CT molecular complexity index is 269. The molecular formula is C6H8NO5V. The van der Waals surface area contributed by atoms with Crippen LogP contribution in [-0.2, 0) is 32.3 Å². The fourth-order valence-corrected chi connectivity index (χ4v) is 0.440. The molecule has 0 bridgehead atoms. The molecular weight excluding hydrogens is 217 g/mol. The number of carbonyl (C=O) groups is 2. The number of quaternary nitrogens is 1. The van der Waals surface area contributed by atoms with Crippen LogP contribution in [0.4, 0.5) is 0 Å². The molecule has 72 valence electrons. The first-order valence-corrected chi connectivity index (χ1v) is 4.49. The summed E-state index contributed by atoms with van der Waals surface area (Å²) < 4.78 is 25.7. The van der Waals surface area contributed by atoms with Gasteiger partial charge in [-0.05, 0) is 24.3 Å². The first-order valence-electron chi connectivity index (χ1n) is 2.78. The Morgan fingerprint density at radius 1 is 0.923 bits per heavy atom. The van der Waals surface area contributed by atoms with Gasteiger partial charge in [-0.2, -0.15) is 0 Å². The number of allylic oxidation sites excluding steroid dienone is 4. The Labute approximate surface area is 78.9 Å². The fourth-order valence-electron chi connectivity index (χ4n) is 0.440. The summed E-state index contributed by atoms with van der Waals surface area (Å²) in [5.41, 5.74) is 0. The zero-order valence-corrected chi connectivity index (χ0v) is 8.19. The van der Waals surface area contributed by atoms with Gasteiger partial charge in [0.05, 0.1) is 0 Å². The molecule has 0 aliphatic heterocycles. The minimum atomic E-state index is -3.94. The van der Waals surface area contributed by atoms with Gasteiger partial charge in [0.2, 0.25) is 0 Å². The second-order valence-electron chi connectivity index (χ2n) is 1.70. The Hall–Kier alpha value is -1.08. The molecule has 0 unspecified atom stereocenters. The van der Waals surface area contributed by atoms with Crippen molar-refractivity contribution in [2.75, 3.05) is 0 Å². The van der Waals surface area contributed by atoms with Crippen molar-refractivity contribution in [2.45, 2.75) is 0 Å². The van der Waals surface area contributed by atoms with Crippen LogP contribution in [0.5, 0.6) is 0 Å². The number of hydrogen-bond donors (Lipinski definition) is 1. The van der Waals surface area contributed by atoms with Crippen LogP contribution in [0.25, 0.3) is 0 Å². The van der Waals surface area contributed by atoms with E-state index in [2.05, 4.69) is 0 Å². The topological polar surface area (TPSA) is 128 Å². The number of hydrogen-bond acceptors (Lipinski definition) is 5. The van der Waals surface area contributed by atoms with Crippen molar-refractivity contribution in [1.29, 1.82) is 0 Å². The number of rotatable bonds is 0. The van der Waals surface area contributed by atoms with Crippen molar-refractivity contribution in [3.8, 4) is 0 Å². The summed E-state index contributed by atoms with van der Waals surface area (Å²) >= 11 is -3.94. The first kappa shape index (κ1) is 14.4. The van der Waals surface area contributed by atoms with E-state index in [1.54, 1.807) is 0 Å². The van der Waals surface area contributed by atoms with Crippen LogP contribution in [0, 0.1) is 0 Å². The normalized spacial score (nSPS) is 12.7. The van der Waals surface area contributed by atoms with Crippen LogP contribution in [0.3, 0.4) is 0 Å². The van der Waals surface area contributed by atoms with Crippen LogP contribution in [0.2, 0.25) is 0 Å². The van der Waals surface area contributed by atoms with Gasteiger partial charge < -0.3 is 6.15 Å². The predicted molar refractivity (Wildman–Crippen MR) is 35.7 cm³/mol. The van der Waals surface area contributed by atoms with Gasteiger partial charge in [-0.3, -0.25) is 9.59 Å². The molecule has 0 spiro atoms. The van der Waals surface area contributed by atoms with Gasteiger partial charge in [0.25, 0.3) is 0 Å². The predicted octanol–water partition coefficient (Wildman–Crippen LogP) is -0.802. The molecule has 1 rings (SSSR count). The van der Waals surface area contributed by atoms with Gasteiger partial charge >= 0.3 is 26.8 Å². The standard InChI is InChI=1S/C6H4O2.H3N.3O.V/c7-5-1-2-6(8)4-3-5;;;;;/h1-4H;1H3;;;;/q;;;;-1;/p+1.